The number of carbonyl (C=O) groups excluding carboxylic acids is 2. The third-order valence-electron chi connectivity index (χ3n) is 4.41. The summed E-state index contributed by atoms with van der Waals surface area (Å²) in [6.45, 7) is 8.75. The standard InChI is InChI=1S/C19H25NO3/c1-5-7-17(21)20-9-6-8-15(12-20)18(22)16-10-13(2)19(23-4)14(3)11-16/h5,10-11,15H,1,6-9,12H2,2-4H3. The van der Waals surface area contributed by atoms with Crippen molar-refractivity contribution in [1.82, 2.24) is 4.90 Å². The smallest absolute Gasteiger partial charge is 0.226 e. The van der Waals surface area contributed by atoms with Crippen molar-refractivity contribution >= 4 is 11.7 Å². The Kier molecular flexibility index (Phi) is 5.59. The van der Waals surface area contributed by atoms with E-state index < -0.39 is 0 Å². The third kappa shape index (κ3) is 3.81. The van der Waals surface area contributed by atoms with Gasteiger partial charge in [-0.15, -0.1) is 6.58 Å². The number of hydrogen-bond acceptors (Lipinski definition) is 3. The molecule has 1 aromatic rings. The van der Waals surface area contributed by atoms with Crippen LogP contribution in [0.1, 0.15) is 40.7 Å². The van der Waals surface area contributed by atoms with E-state index in [1.165, 1.54) is 0 Å². The van der Waals surface area contributed by atoms with Crippen LogP contribution in [0.4, 0.5) is 0 Å². The minimum atomic E-state index is -0.121. The highest BCUT2D eigenvalue weighted by molar-refractivity contribution is 5.99. The molecular weight excluding hydrogens is 290 g/mol. The molecule has 1 aliphatic heterocycles. The Hall–Kier alpha value is -2.10. The molecule has 4 nitrogen and oxygen atoms in total. The van der Waals surface area contributed by atoms with Crippen LogP contribution in [-0.4, -0.2) is 36.8 Å². The van der Waals surface area contributed by atoms with Crippen molar-refractivity contribution in [1.29, 1.82) is 0 Å². The highest BCUT2D eigenvalue weighted by atomic mass is 16.5. The number of likely N-dealkylation sites (tertiary alicyclic amines) is 1. The largest absolute Gasteiger partial charge is 0.496 e. The van der Waals surface area contributed by atoms with Crippen molar-refractivity contribution in [3.05, 3.63) is 41.5 Å². The summed E-state index contributed by atoms with van der Waals surface area (Å²) < 4.78 is 5.36. The molecule has 1 unspecified atom stereocenters. The number of Topliss-reactive ketones (excluding diaryl/α,β-unsaturated/α-hetero) is 1. The molecule has 4 heteroatoms. The van der Waals surface area contributed by atoms with Gasteiger partial charge in [-0.2, -0.15) is 0 Å². The zero-order valence-electron chi connectivity index (χ0n) is 14.2. The predicted octanol–water partition coefficient (Wildman–Crippen LogP) is 3.31. The van der Waals surface area contributed by atoms with Crippen molar-refractivity contribution in [2.45, 2.75) is 33.1 Å². The first-order valence-corrected chi connectivity index (χ1v) is 8.06. The number of nitrogens with zero attached hydrogens (tertiary/aromatic N) is 1. The molecule has 1 aliphatic rings. The molecule has 1 aromatic carbocycles. The summed E-state index contributed by atoms with van der Waals surface area (Å²) in [5, 5.41) is 0. The second-order valence-corrected chi connectivity index (χ2v) is 6.18. The molecule has 1 heterocycles. The molecule has 0 N–H and O–H groups in total. The average Bonchev–Trinajstić information content (AvgIpc) is 2.54. The number of ketones is 1. The van der Waals surface area contributed by atoms with Gasteiger partial charge in [0.25, 0.3) is 0 Å². The summed E-state index contributed by atoms with van der Waals surface area (Å²) in [6, 6.07) is 3.78. The van der Waals surface area contributed by atoms with E-state index in [1.54, 1.807) is 18.1 Å². The zero-order chi connectivity index (χ0) is 17.0. The molecule has 1 amide bonds. The van der Waals surface area contributed by atoms with E-state index in [2.05, 4.69) is 6.58 Å². The van der Waals surface area contributed by atoms with Gasteiger partial charge in [0.15, 0.2) is 5.78 Å². The first kappa shape index (κ1) is 17.3. The first-order valence-electron chi connectivity index (χ1n) is 8.06. The maximum absolute atomic E-state index is 12.8. The van der Waals surface area contributed by atoms with Crippen molar-refractivity contribution < 1.29 is 14.3 Å². The summed E-state index contributed by atoms with van der Waals surface area (Å²) in [5.74, 6) is 0.882. The molecule has 0 radical (unpaired) electrons. The quantitative estimate of drug-likeness (QED) is 0.618. The summed E-state index contributed by atoms with van der Waals surface area (Å²) >= 11 is 0. The van der Waals surface area contributed by atoms with Gasteiger partial charge in [0.1, 0.15) is 5.75 Å². The van der Waals surface area contributed by atoms with E-state index in [0.29, 0.717) is 18.5 Å². The van der Waals surface area contributed by atoms with E-state index in [0.717, 1.165) is 36.3 Å². The summed E-state index contributed by atoms with van der Waals surface area (Å²) in [7, 11) is 1.64. The second-order valence-electron chi connectivity index (χ2n) is 6.18. The molecular formula is C19H25NO3. The zero-order valence-corrected chi connectivity index (χ0v) is 14.2. The fourth-order valence-electron chi connectivity index (χ4n) is 3.32. The SMILES string of the molecule is C=CCC(=O)N1CCCC(C(=O)c2cc(C)c(OC)c(C)c2)C1. The highest BCUT2D eigenvalue weighted by Crippen LogP contribution is 2.27. The van der Waals surface area contributed by atoms with Crippen LogP contribution in [0.5, 0.6) is 5.75 Å². The number of methoxy groups -OCH3 is 1. The fraction of sp³-hybridized carbons (Fsp3) is 0.474. The number of aryl methyl sites for hydroxylation is 2. The van der Waals surface area contributed by atoms with E-state index >= 15 is 0 Å². The maximum atomic E-state index is 12.8. The number of rotatable bonds is 5. The second kappa shape index (κ2) is 7.44. The summed E-state index contributed by atoms with van der Waals surface area (Å²) in [6.07, 6.45) is 3.65. The monoisotopic (exact) mass is 315 g/mol. The van der Waals surface area contributed by atoms with Crippen LogP contribution in [0.2, 0.25) is 0 Å². The Labute approximate surface area is 138 Å². The van der Waals surface area contributed by atoms with Crippen LogP contribution in [0.25, 0.3) is 0 Å². The molecule has 0 aliphatic carbocycles. The minimum absolute atomic E-state index is 0.0552. The molecule has 2 rings (SSSR count). The van der Waals surface area contributed by atoms with Gasteiger partial charge in [0.05, 0.1) is 7.11 Å². The van der Waals surface area contributed by atoms with Gasteiger partial charge in [-0.3, -0.25) is 9.59 Å². The number of carbonyl (C=O) groups is 2. The maximum Gasteiger partial charge on any atom is 0.226 e. The average molecular weight is 315 g/mol. The normalized spacial score (nSPS) is 17.7. The molecule has 0 aromatic heterocycles. The topological polar surface area (TPSA) is 46.6 Å². The van der Waals surface area contributed by atoms with Crippen LogP contribution >= 0.6 is 0 Å². The Bertz CT molecular complexity index is 598. The Morgan fingerprint density at radius 3 is 2.57 bits per heavy atom. The van der Waals surface area contributed by atoms with Crippen molar-refractivity contribution in [2.24, 2.45) is 5.92 Å². The van der Waals surface area contributed by atoms with Crippen molar-refractivity contribution in [2.75, 3.05) is 20.2 Å². The summed E-state index contributed by atoms with van der Waals surface area (Å²) in [5.41, 5.74) is 2.64. The number of hydrogen-bond donors (Lipinski definition) is 0. The van der Waals surface area contributed by atoms with Crippen LogP contribution in [0.3, 0.4) is 0 Å². The van der Waals surface area contributed by atoms with Gasteiger partial charge in [-0.05, 0) is 49.9 Å². The van der Waals surface area contributed by atoms with Gasteiger partial charge < -0.3 is 9.64 Å². The molecule has 1 atom stereocenters. The first-order chi connectivity index (χ1) is 11.0. The molecule has 1 fully saturated rings. The van der Waals surface area contributed by atoms with Gasteiger partial charge in [-0.1, -0.05) is 6.08 Å². The lowest BCUT2D eigenvalue weighted by atomic mass is 9.88. The Balaban J connectivity index is 2.17. The Morgan fingerprint density at radius 2 is 2.00 bits per heavy atom. The third-order valence-corrected chi connectivity index (χ3v) is 4.41. The number of ether oxygens (including phenoxy) is 1. The van der Waals surface area contributed by atoms with Crippen molar-refractivity contribution in [3.8, 4) is 5.75 Å². The van der Waals surface area contributed by atoms with Gasteiger partial charge >= 0.3 is 0 Å². The summed E-state index contributed by atoms with van der Waals surface area (Å²) in [4.78, 5) is 26.6. The van der Waals surface area contributed by atoms with Crippen molar-refractivity contribution in [3.63, 3.8) is 0 Å². The molecule has 0 saturated carbocycles. The lowest BCUT2D eigenvalue weighted by molar-refractivity contribution is -0.131. The van der Waals surface area contributed by atoms with E-state index in [4.69, 9.17) is 4.74 Å². The molecule has 0 bridgehead atoms. The lowest BCUT2D eigenvalue weighted by Crippen LogP contribution is -2.42. The van der Waals surface area contributed by atoms with Crippen LogP contribution < -0.4 is 4.74 Å². The van der Waals surface area contributed by atoms with Gasteiger partial charge in [0, 0.05) is 31.0 Å². The number of piperidine rings is 1. The lowest BCUT2D eigenvalue weighted by Gasteiger charge is -2.32. The van der Waals surface area contributed by atoms with E-state index in [1.807, 2.05) is 26.0 Å². The number of benzene rings is 1. The molecule has 1 saturated heterocycles. The fourth-order valence-corrected chi connectivity index (χ4v) is 3.32. The van der Waals surface area contributed by atoms with Crippen LogP contribution in [0, 0.1) is 19.8 Å². The van der Waals surface area contributed by atoms with E-state index in [9.17, 15) is 9.59 Å². The minimum Gasteiger partial charge on any atom is -0.496 e. The number of amides is 1. The van der Waals surface area contributed by atoms with Crippen LogP contribution in [0.15, 0.2) is 24.8 Å². The Morgan fingerprint density at radius 1 is 1.35 bits per heavy atom. The molecule has 124 valence electrons. The molecule has 0 spiro atoms. The van der Waals surface area contributed by atoms with E-state index in [-0.39, 0.29) is 17.6 Å². The molecule has 23 heavy (non-hydrogen) atoms. The van der Waals surface area contributed by atoms with Gasteiger partial charge in [-0.25, -0.2) is 0 Å². The van der Waals surface area contributed by atoms with Gasteiger partial charge in [0.2, 0.25) is 5.91 Å². The predicted molar refractivity (Wildman–Crippen MR) is 90.9 cm³/mol. The van der Waals surface area contributed by atoms with Crippen LogP contribution in [-0.2, 0) is 4.79 Å². The highest BCUT2D eigenvalue weighted by Gasteiger charge is 2.29.